The number of aryl methyl sites for hydroxylation is 1. The highest BCUT2D eigenvalue weighted by Crippen LogP contribution is 2.23. The first-order valence-corrected chi connectivity index (χ1v) is 9.39. The summed E-state index contributed by atoms with van der Waals surface area (Å²) in [6, 6.07) is 16.0. The standard InChI is InChI=1S/C19H20ClNO2S/c1-3-4-14-21(15-19(20)17-8-6-5-7-9-17)24(22,23)18-12-10-16(2)11-13-18/h3,5-13,15H,1,4,14H2,2H3/b19-15+. The molecule has 0 aromatic heterocycles. The zero-order valence-electron chi connectivity index (χ0n) is 13.5. The topological polar surface area (TPSA) is 37.4 Å². The smallest absolute Gasteiger partial charge is 0.263 e. The minimum atomic E-state index is -3.67. The molecule has 0 aliphatic heterocycles. The predicted octanol–water partition coefficient (Wildman–Crippen LogP) is 4.80. The van der Waals surface area contributed by atoms with E-state index in [1.54, 1.807) is 30.3 Å². The SMILES string of the molecule is C=CCCN(/C=C(/Cl)c1ccccc1)S(=O)(=O)c1ccc(C)cc1. The number of hydrogen-bond acceptors (Lipinski definition) is 2. The first-order valence-electron chi connectivity index (χ1n) is 7.57. The quantitative estimate of drug-likeness (QED) is 0.664. The Bertz CT molecular complexity index is 812. The summed E-state index contributed by atoms with van der Waals surface area (Å²) in [5, 5.41) is 0.371. The number of rotatable bonds is 7. The third-order valence-electron chi connectivity index (χ3n) is 3.49. The molecule has 0 radical (unpaired) electrons. The van der Waals surface area contributed by atoms with Gasteiger partial charge in [-0.1, -0.05) is 65.7 Å². The van der Waals surface area contributed by atoms with Crippen LogP contribution in [0, 0.1) is 6.92 Å². The van der Waals surface area contributed by atoms with E-state index < -0.39 is 10.0 Å². The van der Waals surface area contributed by atoms with E-state index in [0.717, 1.165) is 11.1 Å². The van der Waals surface area contributed by atoms with E-state index in [0.29, 0.717) is 11.5 Å². The van der Waals surface area contributed by atoms with Gasteiger partial charge in [0.1, 0.15) is 0 Å². The van der Waals surface area contributed by atoms with Crippen LogP contribution in [0.3, 0.4) is 0 Å². The monoisotopic (exact) mass is 361 g/mol. The van der Waals surface area contributed by atoms with Crippen LogP contribution in [0.5, 0.6) is 0 Å². The Labute approximate surface area is 148 Å². The Morgan fingerprint density at radius 3 is 2.33 bits per heavy atom. The fraction of sp³-hybridized carbons (Fsp3) is 0.158. The maximum absolute atomic E-state index is 12.9. The van der Waals surface area contributed by atoms with Crippen LogP contribution in [0.1, 0.15) is 17.5 Å². The van der Waals surface area contributed by atoms with E-state index in [1.807, 2.05) is 37.3 Å². The van der Waals surface area contributed by atoms with Gasteiger partial charge in [0.05, 0.1) is 9.93 Å². The average Bonchev–Trinajstić information content (AvgIpc) is 2.59. The van der Waals surface area contributed by atoms with Crippen molar-refractivity contribution < 1.29 is 8.42 Å². The summed E-state index contributed by atoms with van der Waals surface area (Å²) in [4.78, 5) is 0.242. The van der Waals surface area contributed by atoms with Crippen LogP contribution >= 0.6 is 11.6 Å². The molecule has 2 rings (SSSR count). The van der Waals surface area contributed by atoms with Gasteiger partial charge in [0.2, 0.25) is 0 Å². The van der Waals surface area contributed by atoms with E-state index >= 15 is 0 Å². The summed E-state index contributed by atoms with van der Waals surface area (Å²) in [6.45, 7) is 5.86. The summed E-state index contributed by atoms with van der Waals surface area (Å²) >= 11 is 6.33. The molecule has 126 valence electrons. The molecule has 0 saturated carbocycles. The van der Waals surface area contributed by atoms with Gasteiger partial charge in [-0.2, -0.15) is 0 Å². The van der Waals surface area contributed by atoms with Crippen LogP contribution in [0.15, 0.2) is 78.3 Å². The fourth-order valence-electron chi connectivity index (χ4n) is 2.12. The molecule has 0 spiro atoms. The van der Waals surface area contributed by atoms with Crippen LogP contribution in [-0.4, -0.2) is 19.3 Å². The highest BCUT2D eigenvalue weighted by molar-refractivity contribution is 7.89. The summed E-state index contributed by atoms with van der Waals surface area (Å²) in [5.74, 6) is 0. The lowest BCUT2D eigenvalue weighted by Crippen LogP contribution is -2.27. The number of benzene rings is 2. The first-order chi connectivity index (χ1) is 11.4. The summed E-state index contributed by atoms with van der Waals surface area (Å²) < 4.78 is 27.1. The van der Waals surface area contributed by atoms with Gasteiger partial charge in [-0.25, -0.2) is 8.42 Å². The molecule has 0 heterocycles. The molecule has 0 saturated heterocycles. The van der Waals surface area contributed by atoms with Crippen molar-refractivity contribution in [2.24, 2.45) is 0 Å². The van der Waals surface area contributed by atoms with Gasteiger partial charge in [0, 0.05) is 12.7 Å². The Hall–Kier alpha value is -2.04. The molecule has 2 aromatic carbocycles. The molecule has 0 N–H and O–H groups in total. The molecule has 0 aliphatic carbocycles. The molecule has 0 unspecified atom stereocenters. The van der Waals surface area contributed by atoms with E-state index in [1.165, 1.54) is 10.5 Å². The Balaban J connectivity index is 2.40. The van der Waals surface area contributed by atoms with E-state index in [4.69, 9.17) is 11.6 Å². The molecule has 0 bridgehead atoms. The van der Waals surface area contributed by atoms with Crippen LogP contribution in [-0.2, 0) is 10.0 Å². The third kappa shape index (κ3) is 4.49. The van der Waals surface area contributed by atoms with Gasteiger partial charge in [0.25, 0.3) is 10.0 Å². The molecule has 3 nitrogen and oxygen atoms in total. The highest BCUT2D eigenvalue weighted by Gasteiger charge is 2.21. The van der Waals surface area contributed by atoms with Crippen LogP contribution in [0.2, 0.25) is 0 Å². The molecule has 0 fully saturated rings. The molecular formula is C19H20ClNO2S. The normalized spacial score (nSPS) is 12.0. The lowest BCUT2D eigenvalue weighted by atomic mass is 10.2. The van der Waals surface area contributed by atoms with Crippen molar-refractivity contribution in [1.29, 1.82) is 0 Å². The van der Waals surface area contributed by atoms with Gasteiger partial charge in [-0.05, 0) is 31.0 Å². The zero-order chi connectivity index (χ0) is 17.6. The summed E-state index contributed by atoms with van der Waals surface area (Å²) in [6.07, 6.45) is 3.68. The lowest BCUT2D eigenvalue weighted by Gasteiger charge is -2.21. The minimum absolute atomic E-state index is 0.242. The largest absolute Gasteiger partial charge is 0.272 e. The van der Waals surface area contributed by atoms with Gasteiger partial charge >= 0.3 is 0 Å². The summed E-state index contributed by atoms with van der Waals surface area (Å²) in [7, 11) is -3.67. The van der Waals surface area contributed by atoms with Crippen molar-refractivity contribution >= 4 is 26.7 Å². The van der Waals surface area contributed by atoms with E-state index in [2.05, 4.69) is 6.58 Å². The number of halogens is 1. The molecule has 0 atom stereocenters. The van der Waals surface area contributed by atoms with Crippen LogP contribution < -0.4 is 0 Å². The molecule has 24 heavy (non-hydrogen) atoms. The Morgan fingerprint density at radius 1 is 1.12 bits per heavy atom. The average molecular weight is 362 g/mol. The lowest BCUT2D eigenvalue weighted by molar-refractivity contribution is 0.503. The first kappa shape index (κ1) is 18.3. The van der Waals surface area contributed by atoms with Crippen LogP contribution in [0.25, 0.3) is 5.03 Å². The second kappa shape index (κ2) is 8.18. The van der Waals surface area contributed by atoms with E-state index in [9.17, 15) is 8.42 Å². The van der Waals surface area contributed by atoms with Gasteiger partial charge in [-0.3, -0.25) is 4.31 Å². The van der Waals surface area contributed by atoms with Crippen molar-refractivity contribution in [3.63, 3.8) is 0 Å². The maximum Gasteiger partial charge on any atom is 0.263 e. The number of nitrogens with zero attached hydrogens (tertiary/aromatic N) is 1. The number of sulfonamides is 1. The molecule has 2 aromatic rings. The maximum atomic E-state index is 12.9. The fourth-order valence-corrected chi connectivity index (χ4v) is 3.76. The predicted molar refractivity (Wildman–Crippen MR) is 100 cm³/mol. The Morgan fingerprint density at radius 2 is 1.75 bits per heavy atom. The molecule has 5 heteroatoms. The second-order valence-corrected chi connectivity index (χ2v) is 7.65. The van der Waals surface area contributed by atoms with Gasteiger partial charge in [0.15, 0.2) is 0 Å². The van der Waals surface area contributed by atoms with Gasteiger partial charge in [-0.15, -0.1) is 6.58 Å². The van der Waals surface area contributed by atoms with Crippen molar-refractivity contribution in [1.82, 2.24) is 4.31 Å². The third-order valence-corrected chi connectivity index (χ3v) is 5.58. The molecular weight excluding hydrogens is 342 g/mol. The van der Waals surface area contributed by atoms with Gasteiger partial charge < -0.3 is 0 Å². The summed E-state index contributed by atoms with van der Waals surface area (Å²) in [5.41, 5.74) is 1.77. The second-order valence-electron chi connectivity index (χ2n) is 5.35. The molecule has 0 aliphatic rings. The van der Waals surface area contributed by atoms with Crippen LogP contribution in [0.4, 0.5) is 0 Å². The van der Waals surface area contributed by atoms with Crippen molar-refractivity contribution in [2.75, 3.05) is 6.54 Å². The van der Waals surface area contributed by atoms with Crippen molar-refractivity contribution in [3.05, 3.63) is 84.6 Å². The zero-order valence-corrected chi connectivity index (χ0v) is 15.1. The molecule has 0 amide bonds. The van der Waals surface area contributed by atoms with E-state index in [-0.39, 0.29) is 11.4 Å². The van der Waals surface area contributed by atoms with Crippen molar-refractivity contribution in [2.45, 2.75) is 18.2 Å². The Kier molecular flexibility index (Phi) is 6.23. The number of hydrogen-bond donors (Lipinski definition) is 0. The van der Waals surface area contributed by atoms with Crippen molar-refractivity contribution in [3.8, 4) is 0 Å². The minimum Gasteiger partial charge on any atom is -0.272 e. The highest BCUT2D eigenvalue weighted by atomic mass is 35.5.